The zero-order valence-electron chi connectivity index (χ0n) is 21.5. The maximum atomic E-state index is 5.97. The maximum absolute atomic E-state index is 5.97. The molecule has 35 heavy (non-hydrogen) atoms. The van der Waals surface area contributed by atoms with Crippen LogP contribution in [0.2, 0.25) is 0 Å². The highest BCUT2D eigenvalue weighted by molar-refractivity contribution is 5.75. The van der Waals surface area contributed by atoms with Gasteiger partial charge in [0.15, 0.2) is 5.96 Å². The third-order valence-corrected chi connectivity index (χ3v) is 5.17. The van der Waals surface area contributed by atoms with Gasteiger partial charge in [-0.2, -0.15) is 0 Å². The summed E-state index contributed by atoms with van der Waals surface area (Å²) in [6.45, 7) is 11.1. The van der Waals surface area contributed by atoms with Crippen LogP contribution in [0.1, 0.15) is 31.9 Å². The van der Waals surface area contributed by atoms with Gasteiger partial charge < -0.3 is 35.2 Å². The minimum absolute atomic E-state index is 0.0598. The van der Waals surface area contributed by atoms with Gasteiger partial charge in [-0.05, 0) is 45.9 Å². The molecule has 0 fully saturated rings. The van der Waals surface area contributed by atoms with E-state index in [1.807, 2.05) is 12.1 Å². The van der Waals surface area contributed by atoms with Crippen LogP contribution in [0.25, 0.3) is 11.1 Å². The molecule has 2 aromatic rings. The number of methoxy groups -OCH3 is 1. The molecule has 0 aliphatic rings. The van der Waals surface area contributed by atoms with Crippen molar-refractivity contribution in [2.45, 2.75) is 32.7 Å². The normalized spacial score (nSPS) is 11.4. The van der Waals surface area contributed by atoms with E-state index in [0.29, 0.717) is 59.4 Å². The molecule has 0 atom stereocenters. The number of rotatable bonds is 16. The van der Waals surface area contributed by atoms with Gasteiger partial charge in [0.2, 0.25) is 0 Å². The highest BCUT2D eigenvalue weighted by Gasteiger charge is 2.13. The summed E-state index contributed by atoms with van der Waals surface area (Å²) in [5.74, 6) is 0.806. The molecule has 2 rings (SSSR count). The van der Waals surface area contributed by atoms with E-state index in [9.17, 15) is 0 Å². The Morgan fingerprint density at radius 1 is 0.743 bits per heavy atom. The van der Waals surface area contributed by atoms with Gasteiger partial charge in [-0.1, -0.05) is 45.0 Å². The molecule has 0 unspecified atom stereocenters. The fraction of sp³-hybridized carbons (Fsp3) is 0.519. The molecule has 0 saturated carbocycles. The van der Waals surface area contributed by atoms with Crippen molar-refractivity contribution < 1.29 is 23.7 Å². The van der Waals surface area contributed by atoms with Crippen molar-refractivity contribution in [3.8, 4) is 16.9 Å². The van der Waals surface area contributed by atoms with Crippen molar-refractivity contribution in [3.05, 3.63) is 53.6 Å². The average molecular weight is 488 g/mol. The SMILES string of the molecule is COCCOCCOCCOCCOc1cc(CN=C(N)N)cc(-c2ccc(C(C)(C)C)cc2)c1. The minimum atomic E-state index is 0.0598. The molecule has 194 valence electrons. The molecule has 0 heterocycles. The van der Waals surface area contributed by atoms with Gasteiger partial charge in [-0.15, -0.1) is 0 Å². The van der Waals surface area contributed by atoms with E-state index in [0.717, 1.165) is 22.4 Å². The van der Waals surface area contributed by atoms with Crippen LogP contribution in [0.4, 0.5) is 0 Å². The monoisotopic (exact) mass is 487 g/mol. The van der Waals surface area contributed by atoms with Crippen LogP contribution in [0, 0.1) is 0 Å². The maximum Gasteiger partial charge on any atom is 0.186 e. The second-order valence-corrected chi connectivity index (χ2v) is 9.11. The van der Waals surface area contributed by atoms with Gasteiger partial charge in [0.05, 0.1) is 52.8 Å². The van der Waals surface area contributed by atoms with E-state index in [1.165, 1.54) is 5.56 Å². The molecule has 0 aromatic heterocycles. The lowest BCUT2D eigenvalue weighted by Crippen LogP contribution is -2.22. The predicted molar refractivity (Wildman–Crippen MR) is 140 cm³/mol. The third kappa shape index (κ3) is 11.6. The average Bonchev–Trinajstić information content (AvgIpc) is 2.83. The van der Waals surface area contributed by atoms with Crippen LogP contribution in [-0.4, -0.2) is 65.9 Å². The lowest BCUT2D eigenvalue weighted by atomic mass is 9.86. The van der Waals surface area contributed by atoms with Gasteiger partial charge in [0.25, 0.3) is 0 Å². The molecule has 0 bridgehead atoms. The molecular formula is C27H41N3O5. The first-order valence-electron chi connectivity index (χ1n) is 11.9. The van der Waals surface area contributed by atoms with Crippen molar-refractivity contribution in [1.82, 2.24) is 0 Å². The molecule has 0 amide bonds. The zero-order chi connectivity index (χ0) is 25.5. The Hall–Kier alpha value is -2.65. The largest absolute Gasteiger partial charge is 0.491 e. The van der Waals surface area contributed by atoms with Gasteiger partial charge >= 0.3 is 0 Å². The summed E-state index contributed by atoms with van der Waals surface area (Å²) in [7, 11) is 1.65. The van der Waals surface area contributed by atoms with Crippen LogP contribution in [-0.2, 0) is 30.9 Å². The van der Waals surface area contributed by atoms with Crippen LogP contribution < -0.4 is 16.2 Å². The van der Waals surface area contributed by atoms with E-state index in [1.54, 1.807) is 7.11 Å². The summed E-state index contributed by atoms with van der Waals surface area (Å²) >= 11 is 0. The van der Waals surface area contributed by atoms with Gasteiger partial charge in [0.1, 0.15) is 12.4 Å². The highest BCUT2D eigenvalue weighted by atomic mass is 16.6. The predicted octanol–water partition coefficient (Wildman–Crippen LogP) is 3.50. The summed E-state index contributed by atoms with van der Waals surface area (Å²) in [6, 6.07) is 14.7. The lowest BCUT2D eigenvalue weighted by Gasteiger charge is -2.19. The second kappa shape index (κ2) is 15.4. The summed E-state index contributed by atoms with van der Waals surface area (Å²) < 4.78 is 27.3. The Morgan fingerprint density at radius 3 is 1.86 bits per heavy atom. The van der Waals surface area contributed by atoms with E-state index in [2.05, 4.69) is 56.1 Å². The number of guanidine groups is 1. The zero-order valence-corrected chi connectivity index (χ0v) is 21.5. The molecule has 8 nitrogen and oxygen atoms in total. The molecule has 0 spiro atoms. The van der Waals surface area contributed by atoms with Crippen molar-refractivity contribution in [1.29, 1.82) is 0 Å². The van der Waals surface area contributed by atoms with Gasteiger partial charge in [-0.25, -0.2) is 4.99 Å². The summed E-state index contributed by atoms with van der Waals surface area (Å²) in [6.07, 6.45) is 0. The van der Waals surface area contributed by atoms with Crippen LogP contribution in [0.5, 0.6) is 5.75 Å². The first kappa shape index (κ1) is 28.6. The number of hydrogen-bond donors (Lipinski definition) is 2. The minimum Gasteiger partial charge on any atom is -0.491 e. The van der Waals surface area contributed by atoms with Gasteiger partial charge in [0, 0.05) is 7.11 Å². The number of nitrogens with zero attached hydrogens (tertiary/aromatic N) is 1. The number of ether oxygens (including phenoxy) is 5. The summed E-state index contributed by atoms with van der Waals surface area (Å²) in [4.78, 5) is 4.15. The first-order valence-corrected chi connectivity index (χ1v) is 11.9. The molecule has 0 saturated heterocycles. The number of hydrogen-bond acceptors (Lipinski definition) is 6. The molecule has 0 aliphatic heterocycles. The Balaban J connectivity index is 1.87. The third-order valence-electron chi connectivity index (χ3n) is 5.17. The van der Waals surface area contributed by atoms with Crippen molar-refractivity contribution in [3.63, 3.8) is 0 Å². The number of benzene rings is 2. The number of aliphatic imine (C=N–C) groups is 1. The Bertz CT molecular complexity index is 891. The fourth-order valence-electron chi connectivity index (χ4n) is 3.25. The second-order valence-electron chi connectivity index (χ2n) is 9.11. The summed E-state index contributed by atoms with van der Waals surface area (Å²) in [5, 5.41) is 0. The Kier molecular flexibility index (Phi) is 12.6. The molecule has 0 radical (unpaired) electrons. The van der Waals surface area contributed by atoms with E-state index < -0.39 is 0 Å². The van der Waals surface area contributed by atoms with Crippen molar-refractivity contribution >= 4 is 5.96 Å². The van der Waals surface area contributed by atoms with Crippen LogP contribution >= 0.6 is 0 Å². The molecular weight excluding hydrogens is 446 g/mol. The first-order chi connectivity index (χ1) is 16.8. The highest BCUT2D eigenvalue weighted by Crippen LogP contribution is 2.29. The van der Waals surface area contributed by atoms with E-state index >= 15 is 0 Å². The Labute approximate surface area is 209 Å². The molecule has 0 aliphatic carbocycles. The van der Waals surface area contributed by atoms with Crippen molar-refractivity contribution in [2.75, 3.05) is 60.0 Å². The summed E-state index contributed by atoms with van der Waals surface area (Å²) in [5.41, 5.74) is 15.6. The smallest absolute Gasteiger partial charge is 0.186 e. The molecule has 2 aromatic carbocycles. The Morgan fingerprint density at radius 2 is 1.31 bits per heavy atom. The number of nitrogens with two attached hydrogens (primary N) is 2. The van der Waals surface area contributed by atoms with Crippen LogP contribution in [0.15, 0.2) is 47.5 Å². The fourth-order valence-corrected chi connectivity index (χ4v) is 3.25. The molecule has 8 heteroatoms. The van der Waals surface area contributed by atoms with E-state index in [4.69, 9.17) is 35.2 Å². The topological polar surface area (TPSA) is 111 Å². The van der Waals surface area contributed by atoms with Crippen LogP contribution in [0.3, 0.4) is 0 Å². The standard InChI is InChI=1S/C27H41N3O5/c1-27(2,3)24-7-5-22(6-8-24)23-17-21(20-30-26(28)29)18-25(19-23)35-16-15-34-14-13-33-12-11-32-10-9-31-4/h5-8,17-19H,9-16,20H2,1-4H3,(H4,28,29,30). The van der Waals surface area contributed by atoms with Gasteiger partial charge in [-0.3, -0.25) is 0 Å². The quantitative estimate of drug-likeness (QED) is 0.212. The van der Waals surface area contributed by atoms with Crippen molar-refractivity contribution in [2.24, 2.45) is 16.5 Å². The lowest BCUT2D eigenvalue weighted by molar-refractivity contribution is 0.000163. The molecule has 4 N–H and O–H groups in total. The van der Waals surface area contributed by atoms with E-state index in [-0.39, 0.29) is 11.4 Å².